The van der Waals surface area contributed by atoms with Crippen LogP contribution in [-0.4, -0.2) is 32.0 Å². The summed E-state index contributed by atoms with van der Waals surface area (Å²) in [6.45, 7) is 3.71. The highest BCUT2D eigenvalue weighted by Crippen LogP contribution is 2.26. The van der Waals surface area contributed by atoms with Crippen molar-refractivity contribution in [1.82, 2.24) is 19.1 Å². The highest BCUT2D eigenvalue weighted by Gasteiger charge is 2.17. The Labute approximate surface area is 154 Å². The van der Waals surface area contributed by atoms with Crippen molar-refractivity contribution in [3.8, 4) is 17.1 Å². The van der Waals surface area contributed by atoms with E-state index in [0.29, 0.717) is 27.6 Å². The number of rotatable bonds is 5. The Kier molecular flexibility index (Phi) is 4.94. The van der Waals surface area contributed by atoms with E-state index in [-0.39, 0.29) is 0 Å². The number of aryl methyl sites for hydroxylation is 1. The second-order valence-electron chi connectivity index (χ2n) is 5.58. The number of benzene rings is 1. The normalized spacial score (nSPS) is 10.9. The van der Waals surface area contributed by atoms with Crippen LogP contribution < -0.4 is 16.0 Å². The minimum Gasteiger partial charge on any atom is -0.497 e. The number of fused-ring (bicyclic) bond motifs is 1. The summed E-state index contributed by atoms with van der Waals surface area (Å²) in [5.74, 6) is 1.74. The first kappa shape index (κ1) is 17.9. The minimum absolute atomic E-state index is 0.311. The third-order valence-corrected chi connectivity index (χ3v) is 4.92. The first-order chi connectivity index (χ1) is 12.5. The molecule has 0 unspecified atom stereocenters. The lowest BCUT2D eigenvalue weighted by molar-refractivity contribution is 0.415. The molecule has 0 atom stereocenters. The quantitative estimate of drug-likeness (QED) is 0.388. The molecular formula is C18H18N4O3S. The maximum Gasteiger partial charge on any atom is 0.332 e. The molecule has 8 heteroatoms. The summed E-state index contributed by atoms with van der Waals surface area (Å²) in [6.07, 6.45) is 1.73. The molecule has 1 aromatic carbocycles. The van der Waals surface area contributed by atoms with Crippen LogP contribution in [0.5, 0.6) is 5.75 Å². The van der Waals surface area contributed by atoms with Gasteiger partial charge in [0.25, 0.3) is 5.56 Å². The molecule has 134 valence electrons. The van der Waals surface area contributed by atoms with Gasteiger partial charge in [-0.25, -0.2) is 14.8 Å². The van der Waals surface area contributed by atoms with Crippen LogP contribution in [0.4, 0.5) is 0 Å². The molecular weight excluding hydrogens is 352 g/mol. The number of nitrogens with zero attached hydrogens (tertiary/aromatic N) is 4. The molecule has 0 spiro atoms. The van der Waals surface area contributed by atoms with Crippen molar-refractivity contribution in [2.75, 3.05) is 12.9 Å². The van der Waals surface area contributed by atoms with E-state index in [1.165, 1.54) is 23.4 Å². The number of hydrogen-bond donors (Lipinski definition) is 0. The summed E-state index contributed by atoms with van der Waals surface area (Å²) in [5.41, 5.74) is 0.240. The molecule has 0 radical (unpaired) electrons. The van der Waals surface area contributed by atoms with Crippen LogP contribution in [0.25, 0.3) is 22.4 Å². The zero-order valence-electron chi connectivity index (χ0n) is 14.7. The molecule has 7 nitrogen and oxygen atoms in total. The molecule has 0 saturated heterocycles. The maximum atomic E-state index is 12.6. The SMILES string of the molecule is C=CCSc1nc(-c2ccc(OC)cc2)nc2c1c(=O)n(C)c(=O)n2C. The number of aromatic nitrogens is 4. The Bertz CT molecular complexity index is 1100. The van der Waals surface area contributed by atoms with Gasteiger partial charge in [-0.15, -0.1) is 18.3 Å². The average molecular weight is 370 g/mol. The lowest BCUT2D eigenvalue weighted by Gasteiger charge is -2.11. The number of thioether (sulfide) groups is 1. The monoisotopic (exact) mass is 370 g/mol. The van der Waals surface area contributed by atoms with Gasteiger partial charge in [-0.3, -0.25) is 13.9 Å². The van der Waals surface area contributed by atoms with Gasteiger partial charge in [-0.2, -0.15) is 0 Å². The summed E-state index contributed by atoms with van der Waals surface area (Å²) in [7, 11) is 4.64. The molecule has 0 aliphatic heterocycles. The maximum absolute atomic E-state index is 12.6. The van der Waals surface area contributed by atoms with Crippen LogP contribution in [0.2, 0.25) is 0 Å². The zero-order valence-corrected chi connectivity index (χ0v) is 15.5. The van der Waals surface area contributed by atoms with Crippen molar-refractivity contribution in [3.63, 3.8) is 0 Å². The first-order valence-corrected chi connectivity index (χ1v) is 8.82. The number of hydrogen-bond acceptors (Lipinski definition) is 6. The second-order valence-corrected chi connectivity index (χ2v) is 6.59. The molecule has 2 aromatic heterocycles. The largest absolute Gasteiger partial charge is 0.497 e. The molecule has 0 fully saturated rings. The Morgan fingerprint density at radius 3 is 2.46 bits per heavy atom. The predicted octanol–water partition coefficient (Wildman–Crippen LogP) is 1.98. The molecule has 26 heavy (non-hydrogen) atoms. The average Bonchev–Trinajstić information content (AvgIpc) is 2.68. The summed E-state index contributed by atoms with van der Waals surface area (Å²) in [5, 5.41) is 0.857. The first-order valence-electron chi connectivity index (χ1n) is 7.83. The highest BCUT2D eigenvalue weighted by atomic mass is 32.2. The van der Waals surface area contributed by atoms with E-state index in [0.717, 1.165) is 15.9 Å². The standard InChI is InChI=1S/C18H18N4O3S/c1-5-10-26-16-13-15(21(2)18(24)22(3)17(13)23)19-14(20-16)11-6-8-12(25-4)9-7-11/h5-9H,1,10H2,2-4H3. The van der Waals surface area contributed by atoms with Gasteiger partial charge in [-0.1, -0.05) is 6.08 Å². The van der Waals surface area contributed by atoms with Gasteiger partial charge in [-0.05, 0) is 24.3 Å². The fourth-order valence-corrected chi connectivity index (χ4v) is 3.29. The molecule has 3 rings (SSSR count). The third-order valence-electron chi connectivity index (χ3n) is 3.95. The van der Waals surface area contributed by atoms with Gasteiger partial charge in [0, 0.05) is 25.4 Å². The van der Waals surface area contributed by atoms with Gasteiger partial charge >= 0.3 is 5.69 Å². The molecule has 3 aromatic rings. The lowest BCUT2D eigenvalue weighted by Crippen LogP contribution is -2.37. The highest BCUT2D eigenvalue weighted by molar-refractivity contribution is 7.99. The van der Waals surface area contributed by atoms with Crippen molar-refractivity contribution >= 4 is 22.8 Å². The van der Waals surface area contributed by atoms with Crippen LogP contribution in [0.15, 0.2) is 51.5 Å². The van der Waals surface area contributed by atoms with Crippen LogP contribution in [0, 0.1) is 0 Å². The van der Waals surface area contributed by atoms with E-state index in [9.17, 15) is 9.59 Å². The second kappa shape index (κ2) is 7.17. The molecule has 2 heterocycles. The number of ether oxygens (including phenoxy) is 1. The van der Waals surface area contributed by atoms with Crippen molar-refractivity contribution in [2.45, 2.75) is 5.03 Å². The summed E-state index contributed by atoms with van der Waals surface area (Å²) in [6, 6.07) is 7.28. The van der Waals surface area contributed by atoms with E-state index in [4.69, 9.17) is 4.74 Å². The Hall–Kier alpha value is -2.87. The van der Waals surface area contributed by atoms with Crippen LogP contribution in [-0.2, 0) is 14.1 Å². The van der Waals surface area contributed by atoms with Crippen molar-refractivity contribution in [2.24, 2.45) is 14.1 Å². The van der Waals surface area contributed by atoms with Crippen molar-refractivity contribution < 1.29 is 4.74 Å². The number of methoxy groups -OCH3 is 1. The van der Waals surface area contributed by atoms with E-state index in [2.05, 4.69) is 16.5 Å². The van der Waals surface area contributed by atoms with E-state index in [1.54, 1.807) is 20.2 Å². The van der Waals surface area contributed by atoms with Crippen LogP contribution in [0.3, 0.4) is 0 Å². The van der Waals surface area contributed by atoms with E-state index < -0.39 is 11.2 Å². The molecule has 0 aliphatic rings. The third kappa shape index (κ3) is 3.03. The Morgan fingerprint density at radius 2 is 1.85 bits per heavy atom. The van der Waals surface area contributed by atoms with Crippen molar-refractivity contribution in [1.29, 1.82) is 0 Å². The fraction of sp³-hybridized carbons (Fsp3) is 0.222. The fourth-order valence-electron chi connectivity index (χ4n) is 2.54. The van der Waals surface area contributed by atoms with Gasteiger partial charge in [0.05, 0.1) is 7.11 Å². The van der Waals surface area contributed by atoms with Gasteiger partial charge in [0.2, 0.25) is 0 Å². The van der Waals surface area contributed by atoms with E-state index >= 15 is 0 Å². The molecule has 0 amide bonds. The van der Waals surface area contributed by atoms with Crippen LogP contribution >= 0.6 is 11.8 Å². The minimum atomic E-state index is -0.429. The summed E-state index contributed by atoms with van der Waals surface area (Å²) in [4.78, 5) is 34.0. The van der Waals surface area contributed by atoms with Crippen LogP contribution in [0.1, 0.15) is 0 Å². The summed E-state index contributed by atoms with van der Waals surface area (Å²) < 4.78 is 7.60. The summed E-state index contributed by atoms with van der Waals surface area (Å²) >= 11 is 1.38. The Balaban J connectivity index is 2.33. The predicted molar refractivity (Wildman–Crippen MR) is 103 cm³/mol. The molecule has 0 bridgehead atoms. The Morgan fingerprint density at radius 1 is 1.15 bits per heavy atom. The zero-order chi connectivity index (χ0) is 18.8. The van der Waals surface area contributed by atoms with E-state index in [1.807, 2.05) is 24.3 Å². The lowest BCUT2D eigenvalue weighted by atomic mass is 10.2. The molecule has 0 N–H and O–H groups in total. The molecule has 0 aliphatic carbocycles. The molecule has 0 saturated carbocycles. The van der Waals surface area contributed by atoms with Gasteiger partial charge in [0.15, 0.2) is 11.5 Å². The van der Waals surface area contributed by atoms with Gasteiger partial charge in [0.1, 0.15) is 16.2 Å². The topological polar surface area (TPSA) is 79.0 Å². The van der Waals surface area contributed by atoms with Crippen molar-refractivity contribution in [3.05, 3.63) is 57.8 Å². The van der Waals surface area contributed by atoms with Gasteiger partial charge < -0.3 is 4.74 Å². The smallest absolute Gasteiger partial charge is 0.332 e.